The van der Waals surface area contributed by atoms with E-state index in [0.29, 0.717) is 19.5 Å². The summed E-state index contributed by atoms with van der Waals surface area (Å²) >= 11 is 5.90. The molecular weight excluding hydrogens is 218 g/mol. The van der Waals surface area contributed by atoms with E-state index in [1.54, 1.807) is 19.1 Å². The lowest BCUT2D eigenvalue weighted by molar-refractivity contribution is -0.130. The molecule has 0 aromatic heterocycles. The third-order valence-electron chi connectivity index (χ3n) is 2.76. The number of methoxy groups -OCH3 is 2. The maximum absolute atomic E-state index is 11.8. The molecule has 0 saturated carbocycles. The van der Waals surface area contributed by atoms with Gasteiger partial charge < -0.3 is 14.4 Å². The predicted octanol–water partition coefficient (Wildman–Crippen LogP) is 0.876. The highest BCUT2D eigenvalue weighted by molar-refractivity contribution is 6.30. The van der Waals surface area contributed by atoms with Crippen molar-refractivity contribution in [2.45, 2.75) is 30.9 Å². The topological polar surface area (TPSA) is 38.8 Å². The number of hydrogen-bond acceptors (Lipinski definition) is 3. The molecule has 1 saturated heterocycles. The Kier molecular flexibility index (Phi) is 4.83. The second-order valence-electron chi connectivity index (χ2n) is 3.67. The van der Waals surface area contributed by atoms with Gasteiger partial charge >= 0.3 is 0 Å². The summed E-state index contributed by atoms with van der Waals surface area (Å²) in [6.07, 6.45) is 0.561. The van der Waals surface area contributed by atoms with Crippen LogP contribution in [0.3, 0.4) is 0 Å². The average molecular weight is 236 g/mol. The van der Waals surface area contributed by atoms with Crippen LogP contribution >= 0.6 is 11.6 Å². The Labute approximate surface area is 95.5 Å². The third kappa shape index (κ3) is 2.83. The van der Waals surface area contributed by atoms with E-state index in [1.165, 1.54) is 0 Å². The summed E-state index contributed by atoms with van der Waals surface area (Å²) < 4.78 is 10.5. The molecule has 0 aliphatic carbocycles. The van der Waals surface area contributed by atoms with E-state index < -0.39 is 5.38 Å². The van der Waals surface area contributed by atoms with E-state index in [1.807, 2.05) is 6.92 Å². The lowest BCUT2D eigenvalue weighted by Crippen LogP contribution is -2.35. The van der Waals surface area contributed by atoms with Gasteiger partial charge in [-0.2, -0.15) is 0 Å². The number of alkyl halides is 1. The van der Waals surface area contributed by atoms with Crippen molar-refractivity contribution in [3.63, 3.8) is 0 Å². The van der Waals surface area contributed by atoms with Crippen LogP contribution in [0, 0.1) is 0 Å². The molecule has 1 aliphatic heterocycles. The van der Waals surface area contributed by atoms with Crippen LogP contribution in [-0.2, 0) is 14.3 Å². The molecule has 0 aromatic carbocycles. The summed E-state index contributed by atoms with van der Waals surface area (Å²) in [5, 5.41) is -0.432. The van der Waals surface area contributed by atoms with Crippen molar-refractivity contribution in [3.05, 3.63) is 0 Å². The molecule has 1 aliphatic rings. The predicted molar refractivity (Wildman–Crippen MR) is 58.1 cm³/mol. The van der Waals surface area contributed by atoms with Crippen LogP contribution in [0.15, 0.2) is 0 Å². The second kappa shape index (κ2) is 5.68. The standard InChI is InChI=1S/C10H18ClNO3/c1-4-7(11)10(13)12-5-8(14-2)9(6-12)15-3/h7-9H,4-6H2,1-3H3/t7-,8+,9+/m0/s1. The third-order valence-corrected chi connectivity index (χ3v) is 3.25. The summed E-state index contributed by atoms with van der Waals surface area (Å²) in [4.78, 5) is 13.5. The molecule has 0 unspecified atom stereocenters. The Hall–Kier alpha value is -0.320. The van der Waals surface area contributed by atoms with Crippen LogP contribution in [0.2, 0.25) is 0 Å². The van der Waals surface area contributed by atoms with Gasteiger partial charge in [-0.25, -0.2) is 0 Å². The SMILES string of the molecule is CC[C@H](Cl)C(=O)N1C[C@@H](OC)[C@H](OC)C1. The summed E-state index contributed by atoms with van der Waals surface area (Å²) in [7, 11) is 3.26. The Bertz CT molecular complexity index is 213. The highest BCUT2D eigenvalue weighted by atomic mass is 35.5. The van der Waals surface area contributed by atoms with Gasteiger partial charge in [0.15, 0.2) is 0 Å². The Morgan fingerprint density at radius 2 is 1.87 bits per heavy atom. The maximum atomic E-state index is 11.8. The second-order valence-corrected chi connectivity index (χ2v) is 4.19. The van der Waals surface area contributed by atoms with Crippen molar-refractivity contribution in [2.24, 2.45) is 0 Å². The van der Waals surface area contributed by atoms with E-state index in [-0.39, 0.29) is 18.1 Å². The van der Waals surface area contributed by atoms with Gasteiger partial charge in [0.25, 0.3) is 0 Å². The molecule has 0 radical (unpaired) electrons. The molecule has 0 spiro atoms. The van der Waals surface area contributed by atoms with E-state index in [9.17, 15) is 4.79 Å². The fourth-order valence-electron chi connectivity index (χ4n) is 1.75. The molecule has 0 N–H and O–H groups in total. The van der Waals surface area contributed by atoms with E-state index in [0.717, 1.165) is 0 Å². The highest BCUT2D eigenvalue weighted by Gasteiger charge is 2.36. The van der Waals surface area contributed by atoms with Crippen LogP contribution < -0.4 is 0 Å². The lowest BCUT2D eigenvalue weighted by Gasteiger charge is -2.18. The molecule has 88 valence electrons. The Morgan fingerprint density at radius 3 is 2.20 bits per heavy atom. The number of carbonyl (C=O) groups is 1. The number of likely N-dealkylation sites (tertiary alicyclic amines) is 1. The number of carbonyl (C=O) groups excluding carboxylic acids is 1. The summed E-state index contributed by atoms with van der Waals surface area (Å²) in [5.41, 5.74) is 0. The first kappa shape index (κ1) is 12.7. The Morgan fingerprint density at radius 1 is 1.40 bits per heavy atom. The smallest absolute Gasteiger partial charge is 0.240 e. The van der Waals surface area contributed by atoms with Crippen molar-refractivity contribution >= 4 is 17.5 Å². The minimum absolute atomic E-state index is 0.0271. The number of amides is 1. The fraction of sp³-hybridized carbons (Fsp3) is 0.900. The van der Waals surface area contributed by atoms with Crippen molar-refractivity contribution in [2.75, 3.05) is 27.3 Å². The minimum Gasteiger partial charge on any atom is -0.377 e. The normalized spacial score (nSPS) is 28.1. The van der Waals surface area contributed by atoms with Gasteiger partial charge in [-0.15, -0.1) is 11.6 Å². The van der Waals surface area contributed by atoms with Gasteiger partial charge in [0.2, 0.25) is 5.91 Å². The van der Waals surface area contributed by atoms with Crippen LogP contribution in [0.1, 0.15) is 13.3 Å². The first-order chi connectivity index (χ1) is 7.13. The van der Waals surface area contributed by atoms with Crippen molar-refractivity contribution in [3.8, 4) is 0 Å². The maximum Gasteiger partial charge on any atom is 0.240 e. The number of hydrogen-bond donors (Lipinski definition) is 0. The van der Waals surface area contributed by atoms with Crippen molar-refractivity contribution < 1.29 is 14.3 Å². The zero-order chi connectivity index (χ0) is 11.4. The molecule has 15 heavy (non-hydrogen) atoms. The van der Waals surface area contributed by atoms with E-state index >= 15 is 0 Å². The molecule has 1 fully saturated rings. The highest BCUT2D eigenvalue weighted by Crippen LogP contribution is 2.18. The van der Waals surface area contributed by atoms with Gasteiger partial charge in [-0.1, -0.05) is 6.92 Å². The van der Waals surface area contributed by atoms with Gasteiger partial charge in [0, 0.05) is 27.3 Å². The van der Waals surface area contributed by atoms with E-state index in [2.05, 4.69) is 0 Å². The first-order valence-corrected chi connectivity index (χ1v) is 5.56. The summed E-state index contributed by atoms with van der Waals surface area (Å²) in [5.74, 6) is -0.0271. The van der Waals surface area contributed by atoms with Gasteiger partial charge in [0.1, 0.15) is 17.6 Å². The first-order valence-electron chi connectivity index (χ1n) is 5.12. The van der Waals surface area contributed by atoms with Crippen LogP contribution in [0.5, 0.6) is 0 Å². The van der Waals surface area contributed by atoms with Crippen molar-refractivity contribution in [1.29, 1.82) is 0 Å². The fourth-order valence-corrected chi connectivity index (χ4v) is 1.89. The monoisotopic (exact) mass is 235 g/mol. The lowest BCUT2D eigenvalue weighted by atomic mass is 10.3. The molecule has 1 rings (SSSR count). The molecule has 3 atom stereocenters. The quantitative estimate of drug-likeness (QED) is 0.679. The van der Waals surface area contributed by atoms with Crippen molar-refractivity contribution in [1.82, 2.24) is 4.90 Å². The Balaban J connectivity index is 2.56. The number of halogens is 1. The molecule has 1 heterocycles. The zero-order valence-electron chi connectivity index (χ0n) is 9.40. The number of nitrogens with zero attached hydrogens (tertiary/aromatic N) is 1. The molecule has 4 nitrogen and oxygen atoms in total. The van der Waals surface area contributed by atoms with Crippen LogP contribution in [-0.4, -0.2) is 55.7 Å². The number of rotatable bonds is 4. The average Bonchev–Trinajstić information content (AvgIpc) is 2.69. The summed E-state index contributed by atoms with van der Waals surface area (Å²) in [6.45, 7) is 3.03. The molecular formula is C10H18ClNO3. The number of ether oxygens (including phenoxy) is 2. The summed E-state index contributed by atoms with van der Waals surface area (Å²) in [6, 6.07) is 0. The molecule has 0 bridgehead atoms. The van der Waals surface area contributed by atoms with Gasteiger partial charge in [-0.3, -0.25) is 4.79 Å². The molecule has 5 heteroatoms. The minimum atomic E-state index is -0.432. The molecule has 0 aromatic rings. The van der Waals surface area contributed by atoms with Gasteiger partial charge in [0.05, 0.1) is 0 Å². The zero-order valence-corrected chi connectivity index (χ0v) is 10.2. The molecule has 1 amide bonds. The van der Waals surface area contributed by atoms with E-state index in [4.69, 9.17) is 21.1 Å². The van der Waals surface area contributed by atoms with Crippen LogP contribution in [0.4, 0.5) is 0 Å². The largest absolute Gasteiger partial charge is 0.377 e. The van der Waals surface area contributed by atoms with Crippen LogP contribution in [0.25, 0.3) is 0 Å². The van der Waals surface area contributed by atoms with Gasteiger partial charge in [-0.05, 0) is 6.42 Å².